The first-order chi connectivity index (χ1) is 6.38. The average molecular weight is 255 g/mol. The number of carbonyl (C=O) groups excluding carboxylic acids is 2. The van der Waals surface area contributed by atoms with E-state index in [1.165, 1.54) is 0 Å². The molecule has 3 nitrogen and oxygen atoms in total. The van der Waals surface area contributed by atoms with Crippen molar-refractivity contribution >= 4 is 40.8 Å². The fraction of sp³-hybridized carbons (Fsp3) is 0.750. The zero-order chi connectivity index (χ0) is 10.8. The summed E-state index contributed by atoms with van der Waals surface area (Å²) >= 11 is 11.8. The fourth-order valence-corrected chi connectivity index (χ4v) is 3.03. The molecule has 0 amide bonds. The van der Waals surface area contributed by atoms with Gasteiger partial charge in [0.1, 0.15) is 0 Å². The second kappa shape index (κ2) is 4.64. The van der Waals surface area contributed by atoms with Crippen LogP contribution in [0, 0.1) is 5.92 Å². The monoisotopic (exact) mass is 254 g/mol. The molecule has 0 aromatic rings. The van der Waals surface area contributed by atoms with Crippen LogP contribution in [0.3, 0.4) is 0 Å². The third-order valence-corrected chi connectivity index (χ3v) is 4.49. The highest BCUT2D eigenvalue weighted by Gasteiger charge is 2.33. The summed E-state index contributed by atoms with van der Waals surface area (Å²) in [6, 6.07) is 0.744. The molecule has 0 aliphatic carbocycles. The van der Waals surface area contributed by atoms with Gasteiger partial charge in [0.25, 0.3) is 0 Å². The first-order valence-electron chi connectivity index (χ1n) is 4.51. The smallest absolute Gasteiger partial charge is 0.317 e. The van der Waals surface area contributed by atoms with Crippen LogP contribution in [0.5, 0.6) is 0 Å². The van der Waals surface area contributed by atoms with Crippen molar-refractivity contribution < 1.29 is 14.3 Å². The summed E-state index contributed by atoms with van der Waals surface area (Å²) in [6.45, 7) is -0.219. The van der Waals surface area contributed by atoms with E-state index in [0.717, 1.165) is 12.5 Å². The molecule has 80 valence electrons. The summed E-state index contributed by atoms with van der Waals surface area (Å²) in [5.41, 5.74) is 0. The van der Waals surface area contributed by atoms with Crippen molar-refractivity contribution in [1.82, 2.24) is 0 Å². The lowest BCUT2D eigenvalue weighted by molar-refractivity contribution is -0.153. The molecule has 1 atom stereocenters. The Morgan fingerprint density at radius 1 is 1.50 bits per heavy atom. The van der Waals surface area contributed by atoms with Gasteiger partial charge in [0.15, 0.2) is 0 Å². The maximum absolute atomic E-state index is 11.0. The van der Waals surface area contributed by atoms with Crippen LogP contribution in [-0.4, -0.2) is 18.6 Å². The van der Waals surface area contributed by atoms with Crippen LogP contribution >= 0.6 is 22.2 Å². The first-order valence-corrected chi connectivity index (χ1v) is 9.24. The van der Waals surface area contributed by atoms with E-state index in [-0.39, 0.29) is 12.3 Å². The highest BCUT2D eigenvalue weighted by molar-refractivity contribution is 7.44. The van der Waals surface area contributed by atoms with E-state index < -0.39 is 18.6 Å². The minimum absolute atomic E-state index is 0.210. The van der Waals surface area contributed by atoms with Crippen molar-refractivity contribution in [2.75, 3.05) is 0 Å². The molecule has 1 aliphatic heterocycles. The normalized spacial score (nSPS) is 22.6. The molecule has 1 unspecified atom stereocenters. The van der Waals surface area contributed by atoms with E-state index in [4.69, 9.17) is 22.2 Å². The number of hydrogen-bond donors (Lipinski definition) is 0. The maximum Gasteiger partial charge on any atom is 0.317 e. The molecule has 6 heteroatoms. The zero-order valence-electron chi connectivity index (χ0n) is 7.89. The van der Waals surface area contributed by atoms with Crippen molar-refractivity contribution in [1.29, 1.82) is 0 Å². The fourth-order valence-electron chi connectivity index (χ4n) is 1.40. The highest BCUT2D eigenvalue weighted by atomic mass is 35.7. The molecule has 1 saturated heterocycles. The number of carbonyl (C=O) groups is 2. The van der Waals surface area contributed by atoms with E-state index in [9.17, 15) is 9.59 Å². The molecule has 0 saturated carbocycles. The average Bonchev–Trinajstić information content (AvgIpc) is 2.27. The minimum atomic E-state index is -2.06. The van der Waals surface area contributed by atoms with Crippen LogP contribution < -0.4 is 0 Å². The van der Waals surface area contributed by atoms with Crippen molar-refractivity contribution in [2.45, 2.75) is 31.9 Å². The molecular weight excluding hydrogens is 243 g/mol. The lowest BCUT2D eigenvalue weighted by Crippen LogP contribution is -2.14. The molecule has 0 aromatic carbocycles. The van der Waals surface area contributed by atoms with Gasteiger partial charge in [-0.2, -0.15) is 0 Å². The van der Waals surface area contributed by atoms with Gasteiger partial charge in [-0.3, -0.25) is 9.59 Å². The Kier molecular flexibility index (Phi) is 3.98. The number of rotatable bonds is 4. The number of cyclic esters (lactones) is 2. The van der Waals surface area contributed by atoms with Gasteiger partial charge in [0, 0.05) is 0 Å². The topological polar surface area (TPSA) is 43.4 Å². The van der Waals surface area contributed by atoms with Crippen LogP contribution in [0.15, 0.2) is 0 Å². The van der Waals surface area contributed by atoms with Crippen molar-refractivity contribution in [3.8, 4) is 0 Å². The van der Waals surface area contributed by atoms with E-state index in [1.54, 1.807) is 0 Å². The van der Waals surface area contributed by atoms with Gasteiger partial charge < -0.3 is 4.74 Å². The van der Waals surface area contributed by atoms with Gasteiger partial charge in [0.2, 0.25) is 6.69 Å². The number of esters is 2. The summed E-state index contributed by atoms with van der Waals surface area (Å²) in [4.78, 5) is 21.8. The molecule has 0 spiro atoms. The lowest BCUT2D eigenvalue weighted by Gasteiger charge is -2.10. The van der Waals surface area contributed by atoms with Crippen LogP contribution in [-0.2, 0) is 14.3 Å². The van der Waals surface area contributed by atoms with E-state index in [2.05, 4.69) is 4.74 Å². The van der Waals surface area contributed by atoms with Gasteiger partial charge in [-0.15, -0.1) is 22.2 Å². The number of hydrogen-bond acceptors (Lipinski definition) is 3. The molecule has 0 bridgehead atoms. The van der Waals surface area contributed by atoms with E-state index >= 15 is 0 Å². The molecule has 1 heterocycles. The summed E-state index contributed by atoms with van der Waals surface area (Å²) < 4.78 is 4.42. The minimum Gasteiger partial charge on any atom is -0.393 e. The van der Waals surface area contributed by atoms with Gasteiger partial charge in [-0.05, 0) is 19.0 Å². The molecule has 1 rings (SSSR count). The Hall–Kier alpha value is -0.0631. The largest absolute Gasteiger partial charge is 0.393 e. The SMILES string of the molecule is C[Si](Cl)(Cl)CCCC1CC(=O)OC1=O. The first kappa shape index (κ1) is 12.0. The van der Waals surface area contributed by atoms with Crippen molar-refractivity contribution in [3.05, 3.63) is 0 Å². The lowest BCUT2D eigenvalue weighted by atomic mass is 10.0. The number of ether oxygens (including phenoxy) is 1. The summed E-state index contributed by atoms with van der Waals surface area (Å²) in [7, 11) is 0. The molecular formula is C8H12Cl2O3Si. The van der Waals surface area contributed by atoms with Gasteiger partial charge in [0.05, 0.1) is 12.3 Å². The van der Waals surface area contributed by atoms with Crippen LogP contribution in [0.4, 0.5) is 0 Å². The maximum atomic E-state index is 11.0. The molecule has 14 heavy (non-hydrogen) atoms. The predicted octanol–water partition coefficient (Wildman–Crippen LogP) is 2.41. The quantitative estimate of drug-likeness (QED) is 0.335. The molecule has 1 fully saturated rings. The Morgan fingerprint density at radius 3 is 2.57 bits per heavy atom. The summed E-state index contributed by atoms with van der Waals surface area (Å²) in [5, 5.41) is 0. The Bertz CT molecular complexity index is 249. The zero-order valence-corrected chi connectivity index (χ0v) is 10.4. The van der Waals surface area contributed by atoms with Gasteiger partial charge >= 0.3 is 11.9 Å². The Balaban J connectivity index is 2.26. The van der Waals surface area contributed by atoms with E-state index in [0.29, 0.717) is 6.42 Å². The van der Waals surface area contributed by atoms with Crippen LogP contribution in [0.2, 0.25) is 12.6 Å². The second-order valence-corrected chi connectivity index (χ2v) is 11.9. The standard InChI is InChI=1S/C8H12Cl2O3Si/c1-14(9,10)4-2-3-6-5-7(11)13-8(6)12/h6H,2-5H2,1H3. The van der Waals surface area contributed by atoms with Crippen LogP contribution in [0.25, 0.3) is 0 Å². The Labute approximate surface area is 93.1 Å². The summed E-state index contributed by atoms with van der Waals surface area (Å²) in [6.07, 6.45) is 1.64. The summed E-state index contributed by atoms with van der Waals surface area (Å²) in [5.74, 6) is -1.09. The highest BCUT2D eigenvalue weighted by Crippen LogP contribution is 2.27. The van der Waals surface area contributed by atoms with Crippen LogP contribution in [0.1, 0.15) is 19.3 Å². The molecule has 0 aromatic heterocycles. The Morgan fingerprint density at radius 2 is 2.14 bits per heavy atom. The molecule has 0 N–H and O–H groups in total. The third kappa shape index (κ3) is 3.98. The van der Waals surface area contributed by atoms with Gasteiger partial charge in [-0.25, -0.2) is 0 Å². The number of halogens is 2. The predicted molar refractivity (Wildman–Crippen MR) is 56.6 cm³/mol. The van der Waals surface area contributed by atoms with Gasteiger partial charge in [-0.1, -0.05) is 6.42 Å². The molecule has 1 aliphatic rings. The second-order valence-electron chi connectivity index (χ2n) is 3.66. The van der Waals surface area contributed by atoms with Crippen molar-refractivity contribution in [2.24, 2.45) is 5.92 Å². The van der Waals surface area contributed by atoms with E-state index in [1.807, 2.05) is 6.55 Å². The van der Waals surface area contributed by atoms with Crippen molar-refractivity contribution in [3.63, 3.8) is 0 Å². The molecule has 0 radical (unpaired) electrons. The third-order valence-electron chi connectivity index (χ3n) is 2.13.